The summed E-state index contributed by atoms with van der Waals surface area (Å²) < 4.78 is 0. The molecular weight excluding hydrogens is 439 g/mol. The Balaban J connectivity index is 0.00000338. The molecule has 1 aromatic rings. The molecule has 26 heavy (non-hydrogen) atoms. The van der Waals surface area contributed by atoms with E-state index in [9.17, 15) is 4.79 Å². The number of hydrogen-bond donors (Lipinski definition) is 1. The molecule has 0 spiro atoms. The zero-order valence-electron chi connectivity index (χ0n) is 15.9. The van der Waals surface area contributed by atoms with Crippen molar-refractivity contribution >= 4 is 35.8 Å². The van der Waals surface area contributed by atoms with Crippen molar-refractivity contribution in [1.29, 1.82) is 0 Å². The highest BCUT2D eigenvalue weighted by molar-refractivity contribution is 14.0. The first-order valence-electron chi connectivity index (χ1n) is 9.02. The van der Waals surface area contributed by atoms with Gasteiger partial charge in [-0.25, -0.2) is 0 Å². The number of rotatable bonds is 8. The fourth-order valence-electron chi connectivity index (χ4n) is 3.07. The van der Waals surface area contributed by atoms with Crippen molar-refractivity contribution in [2.75, 3.05) is 27.2 Å². The van der Waals surface area contributed by atoms with Crippen LogP contribution in [0, 0.1) is 0 Å². The van der Waals surface area contributed by atoms with Gasteiger partial charge in [0, 0.05) is 46.7 Å². The number of allylic oxidation sites excluding steroid dienone is 1. The van der Waals surface area contributed by atoms with Gasteiger partial charge in [-0.1, -0.05) is 30.3 Å². The van der Waals surface area contributed by atoms with Gasteiger partial charge in [-0.2, -0.15) is 0 Å². The van der Waals surface area contributed by atoms with Crippen molar-refractivity contribution in [2.45, 2.75) is 38.8 Å². The van der Waals surface area contributed by atoms with Crippen LogP contribution in [0.1, 0.15) is 36.8 Å². The van der Waals surface area contributed by atoms with Gasteiger partial charge < -0.3 is 15.1 Å². The molecule has 144 valence electrons. The van der Waals surface area contributed by atoms with Crippen LogP contribution in [0.2, 0.25) is 0 Å². The number of hydrogen-bond acceptors (Lipinski definition) is 2. The smallest absolute Gasteiger partial charge is 0.222 e. The van der Waals surface area contributed by atoms with Gasteiger partial charge in [0.05, 0.1) is 0 Å². The molecule has 5 nitrogen and oxygen atoms in total. The number of carbonyl (C=O) groups is 1. The van der Waals surface area contributed by atoms with Gasteiger partial charge in [-0.3, -0.25) is 9.79 Å². The van der Waals surface area contributed by atoms with E-state index < -0.39 is 0 Å². The number of guanidine groups is 1. The van der Waals surface area contributed by atoms with E-state index in [0.29, 0.717) is 13.0 Å². The maximum atomic E-state index is 11.8. The third kappa shape index (κ3) is 6.97. The molecule has 1 amide bonds. The second kappa shape index (κ2) is 11.9. The lowest BCUT2D eigenvalue weighted by molar-refractivity contribution is -0.128. The number of unbranched alkanes of at least 4 members (excludes halogenated alkanes) is 1. The maximum Gasteiger partial charge on any atom is 0.222 e. The number of benzene rings is 1. The first-order valence-corrected chi connectivity index (χ1v) is 9.02. The highest BCUT2D eigenvalue weighted by Crippen LogP contribution is 2.15. The lowest BCUT2D eigenvalue weighted by Gasteiger charge is -2.22. The van der Waals surface area contributed by atoms with E-state index >= 15 is 0 Å². The lowest BCUT2D eigenvalue weighted by atomic mass is 10.1. The summed E-state index contributed by atoms with van der Waals surface area (Å²) >= 11 is 0. The van der Waals surface area contributed by atoms with Crippen LogP contribution in [0.3, 0.4) is 0 Å². The van der Waals surface area contributed by atoms with Gasteiger partial charge in [0.15, 0.2) is 5.96 Å². The average Bonchev–Trinajstić information content (AvgIpc) is 3.01. The second-order valence-electron chi connectivity index (χ2n) is 6.49. The van der Waals surface area contributed by atoms with Crippen LogP contribution in [-0.4, -0.2) is 48.9 Å². The molecule has 1 heterocycles. The van der Waals surface area contributed by atoms with Crippen LogP contribution in [0.25, 0.3) is 0 Å². The number of carbonyl (C=O) groups excluding carboxylic acids is 1. The van der Waals surface area contributed by atoms with Gasteiger partial charge in [-0.15, -0.1) is 30.6 Å². The standard InChI is InChI=1S/C20H30N4O.HI/c1-4-5-6-12-23(3)20(21-2)22-15-17-9-7-10-18(14-17)16-24-13-8-11-19(24)25;/h4,7,9-10,14H,1,5-6,8,11-13,15-16H2,2-3H3,(H,21,22);1H. The van der Waals surface area contributed by atoms with Crippen LogP contribution in [-0.2, 0) is 17.9 Å². The second-order valence-corrected chi connectivity index (χ2v) is 6.49. The van der Waals surface area contributed by atoms with E-state index in [2.05, 4.69) is 46.1 Å². The topological polar surface area (TPSA) is 47.9 Å². The van der Waals surface area contributed by atoms with E-state index in [-0.39, 0.29) is 29.9 Å². The Morgan fingerprint density at radius 1 is 1.42 bits per heavy atom. The molecule has 0 saturated carbocycles. The average molecular weight is 470 g/mol. The highest BCUT2D eigenvalue weighted by atomic mass is 127. The number of amides is 1. The van der Waals surface area contributed by atoms with Crippen LogP contribution >= 0.6 is 24.0 Å². The zero-order valence-corrected chi connectivity index (χ0v) is 18.2. The van der Waals surface area contributed by atoms with E-state index in [4.69, 9.17) is 0 Å². The van der Waals surface area contributed by atoms with Crippen LogP contribution in [0.5, 0.6) is 0 Å². The van der Waals surface area contributed by atoms with Gasteiger partial charge in [0.25, 0.3) is 0 Å². The van der Waals surface area contributed by atoms with Crippen molar-refractivity contribution in [3.63, 3.8) is 0 Å². The molecule has 0 unspecified atom stereocenters. The van der Waals surface area contributed by atoms with Crippen molar-refractivity contribution in [3.8, 4) is 0 Å². The molecule has 1 aliphatic rings. The third-order valence-electron chi connectivity index (χ3n) is 4.46. The molecule has 0 bridgehead atoms. The van der Waals surface area contributed by atoms with Crippen molar-refractivity contribution in [1.82, 2.24) is 15.1 Å². The summed E-state index contributed by atoms with van der Waals surface area (Å²) in [5.74, 6) is 1.16. The minimum absolute atomic E-state index is 0. The van der Waals surface area contributed by atoms with Crippen LogP contribution in [0.15, 0.2) is 41.9 Å². The van der Waals surface area contributed by atoms with Crippen LogP contribution in [0.4, 0.5) is 0 Å². The van der Waals surface area contributed by atoms with Crippen molar-refractivity contribution < 1.29 is 4.79 Å². The summed E-state index contributed by atoms with van der Waals surface area (Å²) in [6, 6.07) is 8.42. The van der Waals surface area contributed by atoms with Gasteiger partial charge in [-0.05, 0) is 30.4 Å². The molecule has 1 aromatic carbocycles. The van der Waals surface area contributed by atoms with E-state index in [1.54, 1.807) is 0 Å². The lowest BCUT2D eigenvalue weighted by Crippen LogP contribution is -2.39. The first kappa shape index (κ1) is 22.5. The summed E-state index contributed by atoms with van der Waals surface area (Å²) in [5.41, 5.74) is 2.38. The minimum Gasteiger partial charge on any atom is -0.352 e. The number of likely N-dealkylation sites (tertiary alicyclic amines) is 1. The Bertz CT molecular complexity index is 618. The molecule has 0 aromatic heterocycles. The summed E-state index contributed by atoms with van der Waals surface area (Å²) in [6.45, 7) is 7.02. The van der Waals surface area contributed by atoms with Gasteiger partial charge in [0.2, 0.25) is 5.91 Å². The normalized spacial score (nSPS) is 14.2. The molecule has 6 heteroatoms. The Kier molecular flexibility index (Phi) is 10.3. The molecule has 0 radical (unpaired) electrons. The highest BCUT2D eigenvalue weighted by Gasteiger charge is 2.19. The zero-order chi connectivity index (χ0) is 18.1. The predicted octanol–water partition coefficient (Wildman–Crippen LogP) is 3.40. The fraction of sp³-hybridized carbons (Fsp3) is 0.500. The molecule has 1 aliphatic heterocycles. The summed E-state index contributed by atoms with van der Waals surface area (Å²) in [4.78, 5) is 20.2. The molecule has 1 fully saturated rings. The van der Waals surface area contributed by atoms with E-state index in [1.165, 1.54) is 11.1 Å². The maximum absolute atomic E-state index is 11.8. The minimum atomic E-state index is 0. The van der Waals surface area contributed by atoms with Crippen molar-refractivity contribution in [3.05, 3.63) is 48.0 Å². The molecule has 2 rings (SSSR count). The molecular formula is C20H31IN4O. The predicted molar refractivity (Wildman–Crippen MR) is 119 cm³/mol. The van der Waals surface area contributed by atoms with E-state index in [0.717, 1.165) is 44.9 Å². The number of nitrogens with one attached hydrogen (secondary N) is 1. The van der Waals surface area contributed by atoms with Gasteiger partial charge in [0.1, 0.15) is 0 Å². The summed E-state index contributed by atoms with van der Waals surface area (Å²) in [5, 5.41) is 3.41. The summed E-state index contributed by atoms with van der Waals surface area (Å²) in [7, 11) is 3.86. The number of nitrogens with zero attached hydrogens (tertiary/aromatic N) is 3. The molecule has 0 aliphatic carbocycles. The first-order chi connectivity index (χ1) is 12.1. The molecule has 0 atom stereocenters. The fourth-order valence-corrected chi connectivity index (χ4v) is 3.07. The molecule has 1 N–H and O–H groups in total. The summed E-state index contributed by atoms with van der Waals surface area (Å²) in [6.07, 6.45) is 5.70. The quantitative estimate of drug-likeness (QED) is 0.208. The SMILES string of the molecule is C=CCCCN(C)C(=NC)NCc1cccc(CN2CCCC2=O)c1.I. The third-order valence-corrected chi connectivity index (χ3v) is 4.46. The number of aliphatic imine (C=N–C) groups is 1. The Morgan fingerprint density at radius 2 is 2.19 bits per heavy atom. The van der Waals surface area contributed by atoms with Crippen molar-refractivity contribution in [2.24, 2.45) is 4.99 Å². The Morgan fingerprint density at radius 3 is 2.85 bits per heavy atom. The Labute approximate surface area is 174 Å². The number of halogens is 1. The monoisotopic (exact) mass is 470 g/mol. The van der Waals surface area contributed by atoms with E-state index in [1.807, 2.05) is 25.1 Å². The Hall–Kier alpha value is -1.57. The molecule has 1 saturated heterocycles. The van der Waals surface area contributed by atoms with Crippen LogP contribution < -0.4 is 5.32 Å². The van der Waals surface area contributed by atoms with Gasteiger partial charge >= 0.3 is 0 Å². The largest absolute Gasteiger partial charge is 0.352 e.